The van der Waals surface area contributed by atoms with Gasteiger partial charge in [-0.05, 0) is 83.1 Å². The van der Waals surface area contributed by atoms with Crippen LogP contribution in [-0.2, 0) is 57.3 Å². The number of para-hydroxylation sites is 4. The van der Waals surface area contributed by atoms with Crippen molar-refractivity contribution >= 4 is 81.6 Å². The number of carbonyl (C=O) groups excluding carboxylic acids is 8. The Kier molecular flexibility index (Phi) is 48.4. The summed E-state index contributed by atoms with van der Waals surface area (Å²) < 4.78 is 55.7. The molecule has 0 aliphatic heterocycles. The lowest BCUT2D eigenvalue weighted by molar-refractivity contribution is -0.142. The minimum absolute atomic E-state index is 0.000835. The second kappa shape index (κ2) is 57.1. The Labute approximate surface area is 741 Å². The number of aromatic nitrogens is 10. The summed E-state index contributed by atoms with van der Waals surface area (Å²) in [5.74, 6) is -1.91. The lowest BCUT2D eigenvalue weighted by atomic mass is 9.93. The molecule has 4 aromatic carbocycles. The Balaban J connectivity index is 0.000000416. The molecule has 680 valence electrons. The number of anilines is 4. The Bertz CT molecular complexity index is 4820. The van der Waals surface area contributed by atoms with E-state index >= 15 is 0 Å². The van der Waals surface area contributed by atoms with Crippen LogP contribution >= 0.6 is 11.3 Å². The van der Waals surface area contributed by atoms with Crippen LogP contribution in [0.5, 0.6) is 0 Å². The Morgan fingerprint density at radius 2 is 0.659 bits per heavy atom. The normalized spacial score (nSPS) is 11.0. The third-order valence-electron chi connectivity index (χ3n) is 18.5. The molecule has 126 heavy (non-hydrogen) atoms. The van der Waals surface area contributed by atoms with Crippen LogP contribution in [0.15, 0.2) is 178 Å². The highest BCUT2D eigenvalue weighted by Crippen LogP contribution is 2.39. The Morgan fingerprint density at radius 3 is 0.976 bits per heavy atom. The topological polar surface area (TPSA) is 407 Å². The molecule has 0 saturated carbocycles. The third kappa shape index (κ3) is 31.1. The average Bonchev–Trinajstić information content (AvgIpc) is 1.67. The van der Waals surface area contributed by atoms with Crippen LogP contribution in [0.2, 0.25) is 0 Å². The van der Waals surface area contributed by atoms with Gasteiger partial charge >= 0.3 is 23.9 Å². The monoisotopic (exact) mass is 1760 g/mol. The SMILES string of the molecule is CC.CC.CC.CC.CC.CC.COC(=O)CC(CC(=O)N(C)c1ccccc1)c1noc(-c2nnc(C)s2)c1C.COC(=O)CC(CC(=O)N(C)c1ccccc1)c1noc(-c2noc(C)n2)c1C.COC(=O)C[C@@H](CC(=O)N(C)c1ccccc1)c1noc(-c2ccon2)c1C.COC(=O)C[C@@H](CC(=O)N(C)c1ccccc1)c1onc(-c2ccon2)c1C. The molecule has 4 amide bonds. The molecule has 8 aromatic heterocycles. The summed E-state index contributed by atoms with van der Waals surface area (Å²) in [5.41, 5.74) is 8.97. The van der Waals surface area contributed by atoms with Gasteiger partial charge in [0.2, 0.25) is 46.9 Å². The van der Waals surface area contributed by atoms with Crippen molar-refractivity contribution in [3.05, 3.63) is 202 Å². The number of ether oxygens (including phenoxy) is 4. The quantitative estimate of drug-likeness (QED) is 0.0324. The van der Waals surface area contributed by atoms with Gasteiger partial charge in [0.25, 0.3) is 0 Å². The zero-order valence-electron chi connectivity index (χ0n) is 77.2. The van der Waals surface area contributed by atoms with Crippen LogP contribution < -0.4 is 19.6 Å². The highest BCUT2D eigenvalue weighted by Gasteiger charge is 2.35. The summed E-state index contributed by atoms with van der Waals surface area (Å²) in [7, 11) is 12.0. The van der Waals surface area contributed by atoms with Crippen LogP contribution in [0.4, 0.5) is 22.7 Å². The molecule has 0 bridgehead atoms. The van der Waals surface area contributed by atoms with Crippen LogP contribution in [0.1, 0.15) is 214 Å². The van der Waals surface area contributed by atoms with Gasteiger partial charge in [0.1, 0.15) is 34.7 Å². The molecule has 0 aliphatic rings. The molecule has 33 nitrogen and oxygen atoms in total. The van der Waals surface area contributed by atoms with Gasteiger partial charge in [-0.2, -0.15) is 4.98 Å². The molecule has 12 aromatic rings. The van der Waals surface area contributed by atoms with E-state index in [-0.39, 0.29) is 80.8 Å². The number of esters is 4. The third-order valence-corrected chi connectivity index (χ3v) is 19.3. The van der Waals surface area contributed by atoms with Gasteiger partial charge in [0.15, 0.2) is 16.5 Å². The molecule has 0 radical (unpaired) electrons. The van der Waals surface area contributed by atoms with E-state index in [2.05, 4.69) is 51.3 Å². The molecule has 0 saturated heterocycles. The van der Waals surface area contributed by atoms with Gasteiger partial charge in [0.05, 0.1) is 71.2 Å². The maximum absolute atomic E-state index is 12.9. The molecular formula is C92H122N14O19S. The van der Waals surface area contributed by atoms with Crippen molar-refractivity contribution in [3.63, 3.8) is 0 Å². The molecule has 2 unspecified atom stereocenters. The fraction of sp³-hybridized carbons (Fsp3) is 0.413. The van der Waals surface area contributed by atoms with Crippen LogP contribution in [0, 0.1) is 41.5 Å². The van der Waals surface area contributed by atoms with E-state index in [0.29, 0.717) is 84.8 Å². The van der Waals surface area contributed by atoms with Crippen molar-refractivity contribution in [1.29, 1.82) is 0 Å². The predicted molar refractivity (Wildman–Crippen MR) is 481 cm³/mol. The lowest BCUT2D eigenvalue weighted by Gasteiger charge is -2.20. The number of carbonyl (C=O) groups is 8. The summed E-state index contributed by atoms with van der Waals surface area (Å²) >= 11 is 1.39. The maximum atomic E-state index is 12.9. The summed E-state index contributed by atoms with van der Waals surface area (Å²) in [6.07, 6.45) is 3.17. The number of rotatable bonds is 28. The molecule has 12 rings (SSSR count). The average molecular weight is 1760 g/mol. The highest BCUT2D eigenvalue weighted by molar-refractivity contribution is 7.14. The molecule has 8 heterocycles. The first-order valence-corrected chi connectivity index (χ1v) is 42.5. The standard InChI is InChI=1S/C20H22N4O5.C20H22N4O4S.2C20H21N3O5.6C2H6/c1-12-18(22-29-19(12)20-21-13(2)28-23-20)14(11-17(26)27-4)10-16(25)24(3)15-8-6-5-7-9-15;1-12-18(23-28-19(12)20-22-21-13(2)29-20)14(11-17(26)27-4)10-16(25)24(3)15-8-6-5-7-9-15;1-13-19(16-9-10-27-21-16)22-28-20(13)14(12-18(25)26-3)11-17(24)23(2)15-7-5-4-6-8-15;1-13-19(22-28-20(13)16-9-10-27-21-16)14(12-18(25)26-3)11-17(24)23(2)15-7-5-4-6-8-15;6*1-2/h2*5-9,14H,10-11H2,1-4H3;2*4-10,14H,11-12H2,1-3H3;6*1-2H3/t;;2*14-;;;;;;/m..11....../s1. The van der Waals surface area contributed by atoms with Crippen molar-refractivity contribution in [2.75, 3.05) is 76.2 Å². The maximum Gasteiger partial charge on any atom is 0.306 e. The minimum atomic E-state index is -0.522. The van der Waals surface area contributed by atoms with Crippen molar-refractivity contribution in [2.24, 2.45) is 0 Å². The largest absolute Gasteiger partial charge is 0.469 e. The first-order valence-electron chi connectivity index (χ1n) is 41.6. The Hall–Kier alpha value is -13.4. The fourth-order valence-corrected chi connectivity index (χ4v) is 12.7. The number of hydrogen-bond donors (Lipinski definition) is 0. The van der Waals surface area contributed by atoms with Gasteiger partial charge in [-0.25, -0.2) is 0 Å². The van der Waals surface area contributed by atoms with E-state index in [0.717, 1.165) is 33.3 Å². The van der Waals surface area contributed by atoms with Crippen molar-refractivity contribution in [2.45, 2.75) is 200 Å². The van der Waals surface area contributed by atoms with E-state index in [1.54, 1.807) is 73.8 Å². The number of hydrogen-bond acceptors (Lipinski definition) is 30. The smallest absolute Gasteiger partial charge is 0.306 e. The number of aryl methyl sites for hydroxylation is 2. The first-order chi connectivity index (χ1) is 60.8. The molecule has 0 aliphatic carbocycles. The second-order valence-electron chi connectivity index (χ2n) is 26.0. The van der Waals surface area contributed by atoms with Gasteiger partial charge in [-0.15, -0.1) is 10.2 Å². The molecule has 4 atom stereocenters. The summed E-state index contributed by atoms with van der Waals surface area (Å²) in [4.78, 5) is 110. The number of benzene rings is 4. The van der Waals surface area contributed by atoms with Gasteiger partial charge in [0, 0.05) is 142 Å². The van der Waals surface area contributed by atoms with Crippen molar-refractivity contribution < 1.29 is 89.0 Å². The number of amides is 4. The zero-order chi connectivity index (χ0) is 94.1. The van der Waals surface area contributed by atoms with Gasteiger partial charge in [-0.3, -0.25) is 38.4 Å². The Morgan fingerprint density at radius 1 is 0.341 bits per heavy atom. The molecular weight excluding hydrogens is 1640 g/mol. The molecule has 0 spiro atoms. The van der Waals surface area contributed by atoms with E-state index in [9.17, 15) is 38.4 Å². The fourth-order valence-electron chi connectivity index (χ4n) is 12.0. The second-order valence-corrected chi connectivity index (χ2v) is 27.2. The number of methoxy groups -OCH3 is 4. The van der Waals surface area contributed by atoms with Gasteiger partial charge in [-0.1, -0.05) is 203 Å². The van der Waals surface area contributed by atoms with Crippen molar-refractivity contribution in [3.8, 4) is 45.2 Å². The van der Waals surface area contributed by atoms with E-state index < -0.39 is 47.5 Å². The van der Waals surface area contributed by atoms with Crippen LogP contribution in [0.25, 0.3) is 45.2 Å². The predicted octanol–water partition coefficient (Wildman–Crippen LogP) is 19.4. The van der Waals surface area contributed by atoms with Crippen LogP contribution in [0.3, 0.4) is 0 Å². The summed E-state index contributed by atoms with van der Waals surface area (Å²) in [6.45, 7) is 34.8. The molecule has 34 heteroatoms. The summed E-state index contributed by atoms with van der Waals surface area (Å²) in [5, 5.41) is 37.5. The van der Waals surface area contributed by atoms with Crippen LogP contribution in [-0.4, -0.2) is 155 Å². The molecule has 0 fully saturated rings. The minimum Gasteiger partial charge on any atom is -0.469 e. The van der Waals surface area contributed by atoms with Gasteiger partial charge < -0.3 is 70.2 Å². The highest BCUT2D eigenvalue weighted by atomic mass is 32.1. The van der Waals surface area contributed by atoms with E-state index in [1.807, 2.05) is 232 Å². The lowest BCUT2D eigenvalue weighted by Crippen LogP contribution is -2.28. The number of nitrogens with zero attached hydrogens (tertiary/aromatic N) is 14. The van der Waals surface area contributed by atoms with E-state index in [4.69, 9.17) is 50.6 Å². The van der Waals surface area contributed by atoms with Crippen molar-refractivity contribution in [1.82, 2.24) is 51.3 Å². The molecule has 0 N–H and O–H groups in total. The van der Waals surface area contributed by atoms with E-state index in [1.165, 1.54) is 52.3 Å². The zero-order valence-corrected chi connectivity index (χ0v) is 78.1. The summed E-state index contributed by atoms with van der Waals surface area (Å²) in [6, 6.07) is 40.5. The first kappa shape index (κ1) is 107.